The molecule has 4 aromatic heterocycles. The Labute approximate surface area is 165 Å². The maximum absolute atomic E-state index is 6.03. The van der Waals surface area contributed by atoms with Gasteiger partial charge in [-0.2, -0.15) is 5.10 Å². The molecule has 0 amide bonds. The Morgan fingerprint density at radius 1 is 0.929 bits per heavy atom. The number of benzene rings is 1. The molecule has 0 saturated heterocycles. The van der Waals surface area contributed by atoms with E-state index in [2.05, 4.69) is 48.7 Å². The Bertz CT molecular complexity index is 1340. The molecule has 1 aliphatic carbocycles. The van der Waals surface area contributed by atoms with Crippen molar-refractivity contribution in [2.24, 2.45) is 0 Å². The van der Waals surface area contributed by atoms with Crippen LogP contribution < -0.4 is 0 Å². The van der Waals surface area contributed by atoms with Crippen molar-refractivity contribution in [3.63, 3.8) is 0 Å². The Kier molecular flexibility index (Phi) is 3.17. The van der Waals surface area contributed by atoms with Crippen LogP contribution in [-0.2, 0) is 5.41 Å². The topological polar surface area (TPSA) is 60.9 Å². The van der Waals surface area contributed by atoms with Gasteiger partial charge in [-0.15, -0.1) is 0 Å². The third-order valence-electron chi connectivity index (χ3n) is 5.56. The maximum atomic E-state index is 6.03. The number of rotatable bonds is 3. The summed E-state index contributed by atoms with van der Waals surface area (Å²) in [6, 6.07) is 10.5. The molecule has 28 heavy (non-hydrogen) atoms. The number of para-hydroxylation sites is 1. The van der Waals surface area contributed by atoms with Crippen molar-refractivity contribution in [1.82, 2.24) is 29.1 Å². The molecule has 4 heterocycles. The molecule has 0 unspecified atom stereocenters. The maximum Gasteiger partial charge on any atom is 0.234 e. The quantitative estimate of drug-likeness (QED) is 0.466. The van der Waals surface area contributed by atoms with E-state index < -0.39 is 0 Å². The Hall–Kier alpha value is -3.25. The smallest absolute Gasteiger partial charge is 0.234 e. The van der Waals surface area contributed by atoms with Gasteiger partial charge in [-0.25, -0.2) is 14.6 Å². The zero-order valence-electron chi connectivity index (χ0n) is 14.8. The number of aromatic nitrogens is 6. The lowest BCUT2D eigenvalue weighted by molar-refractivity contribution is 0.782. The van der Waals surface area contributed by atoms with Crippen LogP contribution in [-0.4, -0.2) is 29.1 Å². The summed E-state index contributed by atoms with van der Waals surface area (Å²) in [5.74, 6) is 0.677. The number of fused-ring (bicyclic) bond motifs is 2. The van der Waals surface area contributed by atoms with Gasteiger partial charge >= 0.3 is 0 Å². The first-order valence-corrected chi connectivity index (χ1v) is 9.51. The van der Waals surface area contributed by atoms with Crippen LogP contribution in [0.15, 0.2) is 67.5 Å². The van der Waals surface area contributed by atoms with Crippen LogP contribution in [0.4, 0.5) is 0 Å². The zero-order chi connectivity index (χ0) is 18.7. The highest BCUT2D eigenvalue weighted by Gasteiger charge is 2.49. The van der Waals surface area contributed by atoms with Gasteiger partial charge in [0, 0.05) is 29.4 Å². The summed E-state index contributed by atoms with van der Waals surface area (Å²) in [5, 5.41) is 6.03. The van der Waals surface area contributed by atoms with E-state index in [1.807, 2.05) is 24.7 Å². The highest BCUT2D eigenvalue weighted by atomic mass is 35.5. The van der Waals surface area contributed by atoms with E-state index in [0.717, 1.165) is 35.1 Å². The molecule has 1 saturated carbocycles. The molecule has 7 heteroatoms. The summed E-state index contributed by atoms with van der Waals surface area (Å²) in [7, 11) is 0. The lowest BCUT2D eigenvalue weighted by Crippen LogP contribution is -2.13. The van der Waals surface area contributed by atoms with E-state index >= 15 is 0 Å². The van der Waals surface area contributed by atoms with E-state index in [1.165, 1.54) is 5.56 Å². The normalized spacial score (nSPS) is 15.3. The fraction of sp³-hybridized carbons (Fsp3) is 0.143. The lowest BCUT2D eigenvalue weighted by atomic mass is 9.90. The predicted octanol–water partition coefficient (Wildman–Crippen LogP) is 4.20. The van der Waals surface area contributed by atoms with Gasteiger partial charge in [0.2, 0.25) is 5.78 Å². The van der Waals surface area contributed by atoms with Crippen LogP contribution in [0, 0.1) is 0 Å². The predicted molar refractivity (Wildman–Crippen MR) is 107 cm³/mol. The second-order valence-corrected chi connectivity index (χ2v) is 7.63. The molecule has 1 aromatic carbocycles. The molecular formula is C21H15ClN6. The van der Waals surface area contributed by atoms with Crippen LogP contribution in [0.5, 0.6) is 0 Å². The van der Waals surface area contributed by atoms with Crippen molar-refractivity contribution in [3.05, 3.63) is 83.8 Å². The van der Waals surface area contributed by atoms with Crippen molar-refractivity contribution >= 4 is 28.3 Å². The average Bonchev–Trinajstić information content (AvgIpc) is 3.22. The van der Waals surface area contributed by atoms with Crippen molar-refractivity contribution < 1.29 is 0 Å². The van der Waals surface area contributed by atoms with Gasteiger partial charge in [0.1, 0.15) is 0 Å². The summed E-state index contributed by atoms with van der Waals surface area (Å²) < 4.78 is 3.79. The van der Waals surface area contributed by atoms with Gasteiger partial charge in [0.15, 0.2) is 0 Å². The summed E-state index contributed by atoms with van der Waals surface area (Å²) in [4.78, 5) is 13.7. The van der Waals surface area contributed by atoms with E-state index in [0.29, 0.717) is 10.8 Å². The summed E-state index contributed by atoms with van der Waals surface area (Å²) in [6.07, 6.45) is 13.1. The Balaban J connectivity index is 1.56. The molecule has 0 spiro atoms. The first-order valence-electron chi connectivity index (χ1n) is 9.13. The fourth-order valence-electron chi connectivity index (χ4n) is 4.06. The van der Waals surface area contributed by atoms with Gasteiger partial charge in [-0.3, -0.25) is 9.38 Å². The first-order chi connectivity index (χ1) is 13.7. The molecule has 0 radical (unpaired) electrons. The number of hydrogen-bond donors (Lipinski definition) is 0. The molecule has 1 aliphatic rings. The highest BCUT2D eigenvalue weighted by molar-refractivity contribution is 6.30. The summed E-state index contributed by atoms with van der Waals surface area (Å²) >= 11 is 6.03. The Morgan fingerprint density at radius 2 is 1.79 bits per heavy atom. The minimum absolute atomic E-state index is 0.0880. The minimum atomic E-state index is -0.0880. The number of hydrogen-bond acceptors (Lipinski definition) is 4. The number of pyridine rings is 1. The van der Waals surface area contributed by atoms with E-state index in [-0.39, 0.29) is 5.41 Å². The van der Waals surface area contributed by atoms with Crippen LogP contribution in [0.1, 0.15) is 24.1 Å². The molecule has 136 valence electrons. The number of nitrogens with zero attached hydrogens (tertiary/aromatic N) is 6. The largest absolute Gasteiger partial charge is 0.285 e. The molecule has 0 atom stereocenters. The van der Waals surface area contributed by atoms with E-state index in [1.54, 1.807) is 23.3 Å². The second-order valence-electron chi connectivity index (χ2n) is 7.19. The highest BCUT2D eigenvalue weighted by Crippen LogP contribution is 2.54. The Morgan fingerprint density at radius 3 is 2.61 bits per heavy atom. The fourth-order valence-corrected chi connectivity index (χ4v) is 4.19. The molecule has 6 nitrogen and oxygen atoms in total. The molecule has 0 N–H and O–H groups in total. The number of imidazole rings is 1. The van der Waals surface area contributed by atoms with Crippen molar-refractivity contribution in [2.75, 3.05) is 0 Å². The standard InChI is InChI=1S/C21H15ClN6/c22-15-9-26-28(12-15)16-10-24-20-25-11-18(27(20)13-16)21(6-7-21)17-5-1-3-14-4-2-8-23-19(14)17/h1-5,8-13H,6-7H2. The van der Waals surface area contributed by atoms with Crippen LogP contribution in [0.3, 0.4) is 0 Å². The van der Waals surface area contributed by atoms with Gasteiger partial charge in [0.05, 0.1) is 40.5 Å². The van der Waals surface area contributed by atoms with Crippen LogP contribution >= 0.6 is 11.6 Å². The van der Waals surface area contributed by atoms with Gasteiger partial charge in [-0.05, 0) is 24.5 Å². The SMILES string of the molecule is Clc1cnn(-c2cnc3ncc(C4(c5cccc6cccnc56)CC4)n3c2)c1. The van der Waals surface area contributed by atoms with Crippen LogP contribution in [0.25, 0.3) is 22.4 Å². The first kappa shape index (κ1) is 15.8. The lowest BCUT2D eigenvalue weighted by Gasteiger charge is -2.17. The van der Waals surface area contributed by atoms with E-state index in [4.69, 9.17) is 11.6 Å². The molecule has 0 bridgehead atoms. The number of halogens is 1. The van der Waals surface area contributed by atoms with Crippen LogP contribution in [0.2, 0.25) is 5.02 Å². The van der Waals surface area contributed by atoms with Gasteiger partial charge in [-0.1, -0.05) is 35.9 Å². The molecule has 1 fully saturated rings. The molecular weight excluding hydrogens is 372 g/mol. The third-order valence-corrected chi connectivity index (χ3v) is 5.75. The van der Waals surface area contributed by atoms with Crippen molar-refractivity contribution in [3.8, 4) is 5.69 Å². The third kappa shape index (κ3) is 2.21. The van der Waals surface area contributed by atoms with Crippen molar-refractivity contribution in [2.45, 2.75) is 18.3 Å². The zero-order valence-corrected chi connectivity index (χ0v) is 15.6. The average molecular weight is 387 g/mol. The summed E-state index contributed by atoms with van der Waals surface area (Å²) in [5.41, 5.74) is 4.19. The second kappa shape index (κ2) is 5.62. The van der Waals surface area contributed by atoms with Gasteiger partial charge < -0.3 is 0 Å². The van der Waals surface area contributed by atoms with Crippen molar-refractivity contribution in [1.29, 1.82) is 0 Å². The van der Waals surface area contributed by atoms with E-state index in [9.17, 15) is 0 Å². The molecule has 6 rings (SSSR count). The summed E-state index contributed by atoms with van der Waals surface area (Å²) in [6.45, 7) is 0. The monoisotopic (exact) mass is 386 g/mol. The molecule has 5 aromatic rings. The van der Waals surface area contributed by atoms with Gasteiger partial charge in [0.25, 0.3) is 0 Å². The molecule has 0 aliphatic heterocycles. The minimum Gasteiger partial charge on any atom is -0.285 e.